The van der Waals surface area contributed by atoms with E-state index in [1.54, 1.807) is 0 Å². The molecule has 1 aliphatic rings. The fourth-order valence-corrected chi connectivity index (χ4v) is 2.65. The number of amides is 1. The van der Waals surface area contributed by atoms with Crippen LogP contribution in [0.15, 0.2) is 17.5 Å². The van der Waals surface area contributed by atoms with Crippen LogP contribution in [0, 0.1) is 5.92 Å². The zero-order valence-corrected chi connectivity index (χ0v) is 9.37. The van der Waals surface area contributed by atoms with E-state index in [0.717, 1.165) is 24.3 Å². The third kappa shape index (κ3) is 2.38. The Balaban J connectivity index is 2.01. The molecule has 1 fully saturated rings. The molecule has 0 bridgehead atoms. The van der Waals surface area contributed by atoms with Crippen molar-refractivity contribution >= 4 is 17.2 Å². The van der Waals surface area contributed by atoms with Crippen molar-refractivity contribution in [3.05, 3.63) is 22.4 Å². The third-order valence-corrected chi connectivity index (χ3v) is 3.65. The highest BCUT2D eigenvalue weighted by Crippen LogP contribution is 2.19. The van der Waals surface area contributed by atoms with Crippen LogP contribution in [0.25, 0.3) is 0 Å². The van der Waals surface area contributed by atoms with E-state index < -0.39 is 0 Å². The van der Waals surface area contributed by atoms with Crippen LogP contribution in [-0.2, 0) is 0 Å². The molecule has 0 saturated carbocycles. The Morgan fingerprint density at radius 3 is 3.20 bits per heavy atom. The van der Waals surface area contributed by atoms with Crippen LogP contribution < -0.4 is 0 Å². The number of thiophene rings is 1. The maximum atomic E-state index is 12.0. The second-order valence-corrected chi connectivity index (χ2v) is 4.87. The molecule has 0 spiro atoms. The molecule has 1 aliphatic heterocycles. The number of aliphatic hydroxyl groups excluding tert-OH is 1. The van der Waals surface area contributed by atoms with E-state index in [1.807, 2.05) is 22.4 Å². The zero-order chi connectivity index (χ0) is 10.7. The van der Waals surface area contributed by atoms with E-state index >= 15 is 0 Å². The second-order valence-electron chi connectivity index (χ2n) is 3.92. The van der Waals surface area contributed by atoms with Gasteiger partial charge in [-0.2, -0.15) is 0 Å². The molecule has 0 radical (unpaired) electrons. The summed E-state index contributed by atoms with van der Waals surface area (Å²) in [5.41, 5.74) is 0. The van der Waals surface area contributed by atoms with E-state index in [2.05, 4.69) is 0 Å². The van der Waals surface area contributed by atoms with Gasteiger partial charge in [-0.15, -0.1) is 11.3 Å². The van der Waals surface area contributed by atoms with Crippen molar-refractivity contribution in [2.75, 3.05) is 19.7 Å². The molecular weight excluding hydrogens is 210 g/mol. The Labute approximate surface area is 93.3 Å². The van der Waals surface area contributed by atoms with E-state index in [1.165, 1.54) is 11.3 Å². The SMILES string of the molecule is O=C(c1cccs1)N1CCCC(CO)C1. The van der Waals surface area contributed by atoms with Crippen molar-refractivity contribution in [1.29, 1.82) is 0 Å². The van der Waals surface area contributed by atoms with Gasteiger partial charge in [0.25, 0.3) is 5.91 Å². The van der Waals surface area contributed by atoms with Gasteiger partial charge in [0.15, 0.2) is 0 Å². The number of nitrogens with zero attached hydrogens (tertiary/aromatic N) is 1. The largest absolute Gasteiger partial charge is 0.396 e. The average Bonchev–Trinajstić information content (AvgIpc) is 2.81. The molecule has 1 saturated heterocycles. The molecule has 4 heteroatoms. The quantitative estimate of drug-likeness (QED) is 0.830. The first kappa shape index (κ1) is 10.6. The molecule has 0 aromatic carbocycles. The Hall–Kier alpha value is -0.870. The number of piperidine rings is 1. The van der Waals surface area contributed by atoms with Crippen LogP contribution in [0.1, 0.15) is 22.5 Å². The van der Waals surface area contributed by atoms with Gasteiger partial charge in [-0.25, -0.2) is 0 Å². The van der Waals surface area contributed by atoms with Gasteiger partial charge in [-0.05, 0) is 30.2 Å². The monoisotopic (exact) mass is 225 g/mol. The van der Waals surface area contributed by atoms with Gasteiger partial charge in [0.1, 0.15) is 0 Å². The van der Waals surface area contributed by atoms with Crippen LogP contribution in [0.2, 0.25) is 0 Å². The maximum Gasteiger partial charge on any atom is 0.263 e. The van der Waals surface area contributed by atoms with Crippen LogP contribution >= 0.6 is 11.3 Å². The summed E-state index contributed by atoms with van der Waals surface area (Å²) in [6.45, 7) is 1.72. The number of aliphatic hydroxyl groups is 1. The highest BCUT2D eigenvalue weighted by molar-refractivity contribution is 7.12. The first-order valence-corrected chi connectivity index (χ1v) is 6.13. The lowest BCUT2D eigenvalue weighted by Gasteiger charge is -2.31. The summed E-state index contributed by atoms with van der Waals surface area (Å²) in [4.78, 5) is 14.6. The summed E-state index contributed by atoms with van der Waals surface area (Å²) in [5.74, 6) is 0.380. The van der Waals surface area contributed by atoms with Gasteiger partial charge in [-0.3, -0.25) is 4.79 Å². The molecule has 15 heavy (non-hydrogen) atoms. The third-order valence-electron chi connectivity index (χ3n) is 2.80. The lowest BCUT2D eigenvalue weighted by Crippen LogP contribution is -2.40. The van der Waals surface area contributed by atoms with Crippen molar-refractivity contribution in [2.24, 2.45) is 5.92 Å². The zero-order valence-electron chi connectivity index (χ0n) is 8.56. The second kappa shape index (κ2) is 4.77. The molecule has 0 aliphatic carbocycles. The maximum absolute atomic E-state index is 12.0. The fraction of sp³-hybridized carbons (Fsp3) is 0.545. The first-order valence-electron chi connectivity index (χ1n) is 5.25. The average molecular weight is 225 g/mol. The summed E-state index contributed by atoms with van der Waals surface area (Å²) in [6.07, 6.45) is 2.03. The summed E-state index contributed by atoms with van der Waals surface area (Å²) in [7, 11) is 0. The van der Waals surface area contributed by atoms with Crippen molar-refractivity contribution in [2.45, 2.75) is 12.8 Å². The number of likely N-dealkylation sites (tertiary alicyclic amines) is 1. The van der Waals surface area contributed by atoms with Crippen molar-refractivity contribution in [1.82, 2.24) is 4.90 Å². The molecule has 1 amide bonds. The summed E-state index contributed by atoms with van der Waals surface area (Å²) in [6, 6.07) is 3.75. The lowest BCUT2D eigenvalue weighted by atomic mass is 9.99. The Morgan fingerprint density at radius 1 is 1.67 bits per heavy atom. The summed E-state index contributed by atoms with van der Waals surface area (Å²) < 4.78 is 0. The molecule has 2 heterocycles. The van der Waals surface area contributed by atoms with E-state index in [-0.39, 0.29) is 18.4 Å². The molecule has 1 N–H and O–H groups in total. The first-order chi connectivity index (χ1) is 7.31. The minimum absolute atomic E-state index is 0.114. The molecular formula is C11H15NO2S. The van der Waals surface area contributed by atoms with Gasteiger partial charge < -0.3 is 10.0 Å². The van der Waals surface area contributed by atoms with Crippen molar-refractivity contribution < 1.29 is 9.90 Å². The molecule has 1 atom stereocenters. The van der Waals surface area contributed by atoms with E-state index in [0.29, 0.717) is 6.54 Å². The molecule has 1 aromatic rings. The summed E-state index contributed by atoms with van der Waals surface area (Å²) in [5, 5.41) is 11.0. The standard InChI is InChI=1S/C11H15NO2S/c13-8-9-3-1-5-12(7-9)11(14)10-4-2-6-15-10/h2,4,6,9,13H,1,3,5,7-8H2. The minimum Gasteiger partial charge on any atom is -0.396 e. The molecule has 1 aromatic heterocycles. The lowest BCUT2D eigenvalue weighted by molar-refractivity contribution is 0.0625. The number of rotatable bonds is 2. The molecule has 2 rings (SSSR count). The Kier molecular flexibility index (Phi) is 3.38. The topological polar surface area (TPSA) is 40.5 Å². The summed E-state index contributed by atoms with van der Waals surface area (Å²) >= 11 is 1.48. The van der Waals surface area contributed by atoms with Gasteiger partial charge in [0.2, 0.25) is 0 Å². The van der Waals surface area contributed by atoms with Gasteiger partial charge in [0, 0.05) is 19.7 Å². The van der Waals surface area contributed by atoms with Crippen molar-refractivity contribution in [3.63, 3.8) is 0 Å². The van der Waals surface area contributed by atoms with Gasteiger partial charge >= 0.3 is 0 Å². The van der Waals surface area contributed by atoms with Gasteiger partial charge in [0.05, 0.1) is 4.88 Å². The van der Waals surface area contributed by atoms with Crippen molar-refractivity contribution in [3.8, 4) is 0 Å². The fourth-order valence-electron chi connectivity index (χ4n) is 1.95. The van der Waals surface area contributed by atoms with Crippen LogP contribution in [0.4, 0.5) is 0 Å². The highest BCUT2D eigenvalue weighted by atomic mass is 32.1. The van der Waals surface area contributed by atoms with E-state index in [9.17, 15) is 4.79 Å². The highest BCUT2D eigenvalue weighted by Gasteiger charge is 2.24. The Bertz CT molecular complexity index is 323. The van der Waals surface area contributed by atoms with Gasteiger partial charge in [-0.1, -0.05) is 6.07 Å². The van der Waals surface area contributed by atoms with E-state index in [4.69, 9.17) is 5.11 Å². The minimum atomic E-state index is 0.114. The van der Waals surface area contributed by atoms with Crippen LogP contribution in [0.3, 0.4) is 0 Å². The Morgan fingerprint density at radius 2 is 2.53 bits per heavy atom. The van der Waals surface area contributed by atoms with Crippen LogP contribution in [0.5, 0.6) is 0 Å². The molecule has 1 unspecified atom stereocenters. The number of hydrogen-bond acceptors (Lipinski definition) is 3. The molecule has 82 valence electrons. The predicted molar refractivity (Wildman–Crippen MR) is 60.0 cm³/mol. The number of hydrogen-bond donors (Lipinski definition) is 1. The number of carbonyl (C=O) groups is 1. The normalized spacial score (nSPS) is 21.7. The molecule has 3 nitrogen and oxygen atoms in total. The predicted octanol–water partition coefficient (Wildman–Crippen LogP) is 1.59. The number of carbonyl (C=O) groups excluding carboxylic acids is 1. The smallest absolute Gasteiger partial charge is 0.263 e. The van der Waals surface area contributed by atoms with Crippen LogP contribution in [-0.4, -0.2) is 35.6 Å².